The van der Waals surface area contributed by atoms with Crippen LogP contribution in [-0.4, -0.2) is 52.9 Å². The minimum Gasteiger partial charge on any atom is -0.507 e. The van der Waals surface area contributed by atoms with Crippen LogP contribution in [0.2, 0.25) is 5.02 Å². The number of nitrogens with zero attached hydrogens (tertiary/aromatic N) is 2. The Kier molecular flexibility index (Phi) is 8.48. The third kappa shape index (κ3) is 5.28. The van der Waals surface area contributed by atoms with Gasteiger partial charge in [-0.25, -0.2) is 4.39 Å². The van der Waals surface area contributed by atoms with E-state index in [9.17, 15) is 23.9 Å². The zero-order chi connectivity index (χ0) is 37.2. The molecule has 270 valence electrons. The van der Waals surface area contributed by atoms with Gasteiger partial charge in [0.2, 0.25) is 11.8 Å². The molecule has 6 unspecified atom stereocenters. The second kappa shape index (κ2) is 13.1. The third-order valence-corrected chi connectivity index (χ3v) is 11.6. The summed E-state index contributed by atoms with van der Waals surface area (Å²) in [5.41, 5.74) is 3.65. The van der Waals surface area contributed by atoms with Crippen molar-refractivity contribution in [2.45, 2.75) is 30.7 Å². The molecule has 0 spiro atoms. The van der Waals surface area contributed by atoms with E-state index in [4.69, 9.17) is 21.1 Å². The molecule has 0 bridgehead atoms. The van der Waals surface area contributed by atoms with Crippen LogP contribution in [0.4, 0.5) is 10.1 Å². The van der Waals surface area contributed by atoms with Gasteiger partial charge in [0, 0.05) is 28.6 Å². The molecule has 53 heavy (non-hydrogen) atoms. The molecule has 12 heteroatoms. The van der Waals surface area contributed by atoms with Crippen LogP contribution < -0.4 is 14.9 Å². The van der Waals surface area contributed by atoms with Crippen LogP contribution in [-0.2, 0) is 31.1 Å². The first-order valence-corrected chi connectivity index (χ1v) is 17.7. The number of phenols is 1. The van der Waals surface area contributed by atoms with Gasteiger partial charge in [0.15, 0.2) is 0 Å². The van der Waals surface area contributed by atoms with Crippen molar-refractivity contribution in [3.05, 3.63) is 130 Å². The van der Waals surface area contributed by atoms with E-state index in [1.54, 1.807) is 30.3 Å². The number of carbonyl (C=O) groups is 4. The lowest BCUT2D eigenvalue weighted by Crippen LogP contribution is -2.53. The van der Waals surface area contributed by atoms with Gasteiger partial charge in [0.25, 0.3) is 11.8 Å². The predicted molar refractivity (Wildman–Crippen MR) is 192 cm³/mol. The maximum absolute atomic E-state index is 15.4. The first-order chi connectivity index (χ1) is 25.6. The number of amides is 4. The van der Waals surface area contributed by atoms with Crippen LogP contribution in [0.5, 0.6) is 17.2 Å². The second-order valence-corrected chi connectivity index (χ2v) is 14.3. The third-order valence-electron chi connectivity index (χ3n) is 11.4. The van der Waals surface area contributed by atoms with Gasteiger partial charge >= 0.3 is 0 Å². The van der Waals surface area contributed by atoms with Crippen molar-refractivity contribution in [3.8, 4) is 17.2 Å². The van der Waals surface area contributed by atoms with Crippen LogP contribution >= 0.6 is 11.6 Å². The van der Waals surface area contributed by atoms with E-state index in [0.29, 0.717) is 27.6 Å². The molecule has 10 nitrogen and oxygen atoms in total. The average Bonchev–Trinajstić information content (AvgIpc) is 3.53. The molecule has 3 fully saturated rings. The Morgan fingerprint density at radius 1 is 0.887 bits per heavy atom. The lowest BCUT2D eigenvalue weighted by molar-refractivity contribution is -0.142. The van der Waals surface area contributed by atoms with E-state index < -0.39 is 52.6 Å². The maximum Gasteiger partial charge on any atom is 0.260 e. The monoisotopic (exact) mass is 735 g/mol. The number of phenolic OH excluding ortho intramolecular Hbond substituents is 1. The molecule has 6 atom stereocenters. The summed E-state index contributed by atoms with van der Waals surface area (Å²) in [5, 5.41) is 13.2. The number of benzene rings is 4. The minimum atomic E-state index is -1.70. The van der Waals surface area contributed by atoms with Gasteiger partial charge in [-0.2, -0.15) is 5.01 Å². The summed E-state index contributed by atoms with van der Waals surface area (Å²) in [6.07, 6.45) is 2.16. The molecule has 1 saturated carbocycles. The van der Waals surface area contributed by atoms with Gasteiger partial charge < -0.3 is 14.6 Å². The van der Waals surface area contributed by atoms with Crippen molar-refractivity contribution in [2.75, 3.05) is 19.6 Å². The Hall–Kier alpha value is -5.68. The number of halogens is 2. The lowest BCUT2D eigenvalue weighted by atomic mass is 9.49. The first-order valence-electron chi connectivity index (χ1n) is 17.3. The van der Waals surface area contributed by atoms with E-state index >= 15 is 4.79 Å². The average molecular weight is 736 g/mol. The number of rotatable bonds is 8. The van der Waals surface area contributed by atoms with E-state index in [0.717, 1.165) is 10.6 Å². The fourth-order valence-corrected chi connectivity index (χ4v) is 9.25. The summed E-state index contributed by atoms with van der Waals surface area (Å²) in [7, 11) is 2.88. The highest BCUT2D eigenvalue weighted by molar-refractivity contribution is 6.30. The fraction of sp³-hybridized carbons (Fsp3) is 0.268. The van der Waals surface area contributed by atoms with Crippen LogP contribution in [0, 0.1) is 29.5 Å². The molecule has 2 saturated heterocycles. The molecule has 0 radical (unpaired) electrons. The Morgan fingerprint density at radius 2 is 1.60 bits per heavy atom. The largest absolute Gasteiger partial charge is 0.507 e. The second-order valence-electron chi connectivity index (χ2n) is 13.9. The highest BCUT2D eigenvalue weighted by atomic mass is 35.5. The number of fused-ring (bicyclic) bond motifs is 4. The number of hydrogen-bond donors (Lipinski definition) is 2. The lowest BCUT2D eigenvalue weighted by Gasteiger charge is -2.50. The Balaban J connectivity index is 1.34. The number of hydrazine groups is 1. The molecule has 0 aromatic heterocycles. The van der Waals surface area contributed by atoms with E-state index in [1.807, 2.05) is 36.4 Å². The molecule has 2 heterocycles. The van der Waals surface area contributed by atoms with E-state index in [2.05, 4.69) is 5.43 Å². The number of carbonyl (C=O) groups excluding carboxylic acids is 4. The highest BCUT2D eigenvalue weighted by Crippen LogP contribution is 2.66. The van der Waals surface area contributed by atoms with Crippen LogP contribution in [0.15, 0.2) is 103 Å². The number of hydrogen-bond acceptors (Lipinski definition) is 8. The Bertz CT molecular complexity index is 2180. The van der Waals surface area contributed by atoms with Crippen LogP contribution in [0.1, 0.15) is 35.4 Å². The number of methoxy groups -OCH3 is 2. The normalized spacial score (nSPS) is 26.2. The fourth-order valence-electron chi connectivity index (χ4n) is 9.12. The Labute approximate surface area is 309 Å². The molecule has 4 aromatic rings. The number of allylic oxidation sites excluding steroid dienone is 2. The van der Waals surface area contributed by atoms with Crippen molar-refractivity contribution in [2.24, 2.45) is 23.7 Å². The summed E-state index contributed by atoms with van der Waals surface area (Å²) in [4.78, 5) is 59.9. The molecule has 4 aromatic carbocycles. The molecule has 8 rings (SSSR count). The number of likely N-dealkylation sites (tertiary alicyclic amines) is 1. The molecular formula is C41H35ClFN3O7. The molecule has 2 aliphatic heterocycles. The van der Waals surface area contributed by atoms with Gasteiger partial charge in [0.1, 0.15) is 23.1 Å². The van der Waals surface area contributed by atoms with Crippen molar-refractivity contribution in [3.63, 3.8) is 0 Å². The van der Waals surface area contributed by atoms with Crippen molar-refractivity contribution in [1.29, 1.82) is 0 Å². The van der Waals surface area contributed by atoms with Crippen molar-refractivity contribution in [1.82, 2.24) is 9.91 Å². The molecule has 4 aliphatic rings. The van der Waals surface area contributed by atoms with Gasteiger partial charge in [-0.15, -0.1) is 0 Å². The summed E-state index contributed by atoms with van der Waals surface area (Å²) in [5.74, 6) is -6.37. The smallest absolute Gasteiger partial charge is 0.260 e. The first kappa shape index (κ1) is 34.4. The number of anilines is 1. The quantitative estimate of drug-likeness (QED) is 0.158. The SMILES string of the molecule is COc1cc(O)c(C2C3=CCC4C(=O)N(Cc5ccccc5)C(=O)C4C3CC3C(=O)N(Nc4ccc(F)cc4)C(=O)C32c2ccc(Cl)cc2)c(OC)c1. The number of aromatic hydroxyl groups is 1. The topological polar surface area (TPSA) is 125 Å². The predicted octanol–water partition coefficient (Wildman–Crippen LogP) is 6.39. The summed E-state index contributed by atoms with van der Waals surface area (Å²) in [6.45, 7) is 0.106. The van der Waals surface area contributed by atoms with Crippen LogP contribution in [0.3, 0.4) is 0 Å². The van der Waals surface area contributed by atoms with E-state index in [-0.39, 0.29) is 48.3 Å². The number of ether oxygens (including phenoxy) is 2. The van der Waals surface area contributed by atoms with Crippen molar-refractivity contribution < 1.29 is 38.1 Å². The van der Waals surface area contributed by atoms with Crippen molar-refractivity contribution >= 4 is 40.9 Å². The molecule has 4 amide bonds. The zero-order valence-electron chi connectivity index (χ0n) is 28.8. The van der Waals surface area contributed by atoms with Gasteiger partial charge in [0.05, 0.1) is 49.6 Å². The molecule has 2 N–H and O–H groups in total. The minimum absolute atomic E-state index is 0.0513. The Morgan fingerprint density at radius 3 is 2.28 bits per heavy atom. The van der Waals surface area contributed by atoms with Gasteiger partial charge in [-0.1, -0.05) is 65.7 Å². The van der Waals surface area contributed by atoms with Gasteiger partial charge in [-0.05, 0) is 66.3 Å². The number of nitrogens with one attached hydrogen (secondary N) is 1. The standard InChI is InChI=1S/C41H35ClFN3O7/c1-52-27-18-32(47)35(33(19-27)53-2)36-28-16-17-29-34(39(50)45(37(29)48)21-22-6-4-3-5-7-22)30(28)20-31-38(49)46(44-26-14-12-25(43)13-15-26)40(51)41(31,36)23-8-10-24(42)11-9-23/h3-16,18-19,29-31,34,36,44,47H,17,20-21H2,1-2H3. The van der Waals surface area contributed by atoms with Gasteiger partial charge in [-0.3, -0.25) is 29.5 Å². The summed E-state index contributed by atoms with van der Waals surface area (Å²) < 4.78 is 25.2. The summed E-state index contributed by atoms with van der Waals surface area (Å²) in [6, 6.07) is 24.2. The number of imide groups is 2. The van der Waals surface area contributed by atoms with Crippen LogP contribution in [0.25, 0.3) is 0 Å². The highest BCUT2D eigenvalue weighted by Gasteiger charge is 2.71. The zero-order valence-corrected chi connectivity index (χ0v) is 29.5. The molecule has 2 aliphatic carbocycles. The summed E-state index contributed by atoms with van der Waals surface area (Å²) >= 11 is 6.37. The van der Waals surface area contributed by atoms with E-state index in [1.165, 1.54) is 49.5 Å². The maximum atomic E-state index is 15.4. The molecular weight excluding hydrogens is 701 g/mol.